The second kappa shape index (κ2) is 30.1. The van der Waals surface area contributed by atoms with Crippen molar-refractivity contribution in [3.05, 3.63) is 55.6 Å². The van der Waals surface area contributed by atoms with E-state index < -0.39 is 79.2 Å². The Morgan fingerprint density at radius 3 is 1.00 bits per heavy atom. The topological polar surface area (TPSA) is 195 Å². The molecule has 0 saturated heterocycles. The van der Waals surface area contributed by atoms with Gasteiger partial charge in [-0.15, -0.1) is 0 Å². The van der Waals surface area contributed by atoms with Crippen LogP contribution in [-0.4, -0.2) is 54.4 Å². The largest absolute Gasteiger partial charge is 0.294 e. The van der Waals surface area contributed by atoms with E-state index in [0.717, 1.165) is 69.6 Å². The third kappa shape index (κ3) is 18.5. The van der Waals surface area contributed by atoms with Gasteiger partial charge in [0.15, 0.2) is 5.78 Å². The molecule has 64 heavy (non-hydrogen) atoms. The Balaban J connectivity index is 1.62. The highest BCUT2D eigenvalue weighted by molar-refractivity contribution is 7.89. The summed E-state index contributed by atoms with van der Waals surface area (Å²) in [6, 6.07) is 3.09. The fourth-order valence-corrected chi connectivity index (χ4v) is 11.1. The van der Waals surface area contributed by atoms with Gasteiger partial charge in [-0.3, -0.25) is 29.6 Å². The summed E-state index contributed by atoms with van der Waals surface area (Å²) in [5.74, 6) is -1.01. The van der Waals surface area contributed by atoms with Crippen LogP contribution in [-0.2, 0) is 20.1 Å². The fraction of sp³-hybridized carbons (Fsp3) is 0.735. The molecule has 15 heteroatoms. The molecule has 0 heterocycles. The lowest BCUT2D eigenvalue weighted by atomic mass is 10.0. The normalized spacial score (nSPS) is 12.6. The van der Waals surface area contributed by atoms with Crippen LogP contribution in [0.15, 0.2) is 34.1 Å². The molecule has 1 aliphatic rings. The second-order valence-corrected chi connectivity index (χ2v) is 21.4. The maximum atomic E-state index is 14.4. The van der Waals surface area contributed by atoms with Crippen LogP contribution in [0, 0.1) is 20.2 Å². The van der Waals surface area contributed by atoms with E-state index in [1.54, 1.807) is 0 Å². The van der Waals surface area contributed by atoms with Gasteiger partial charge < -0.3 is 0 Å². The minimum atomic E-state index is -5.01. The average molecular weight is 934 g/mol. The molecule has 0 aromatic heterocycles. The number of nitro groups is 2. The van der Waals surface area contributed by atoms with Gasteiger partial charge in [-0.1, -0.05) is 206 Å². The van der Waals surface area contributed by atoms with Gasteiger partial charge >= 0.3 is 0 Å². The maximum Gasteiger partial charge on any atom is 0.294 e. The minimum Gasteiger partial charge on any atom is -0.289 e. The highest BCUT2D eigenvalue weighted by Crippen LogP contribution is 2.49. The molecule has 0 atom stereocenters. The Kier molecular flexibility index (Phi) is 25.9. The minimum absolute atomic E-state index is 0.196. The number of ketones is 1. The van der Waals surface area contributed by atoms with Gasteiger partial charge in [0.05, 0.1) is 25.9 Å². The molecule has 2 aromatic carbocycles. The van der Waals surface area contributed by atoms with E-state index in [1.165, 1.54) is 146 Å². The van der Waals surface area contributed by atoms with Crippen molar-refractivity contribution in [3.8, 4) is 11.1 Å². The second-order valence-electron chi connectivity index (χ2n) is 18.1. The number of carbonyl (C=O) groups excluding carboxylic acids is 1. The van der Waals surface area contributed by atoms with E-state index in [-0.39, 0.29) is 13.1 Å². The van der Waals surface area contributed by atoms with E-state index in [0.29, 0.717) is 18.9 Å². The Morgan fingerprint density at radius 1 is 0.453 bits per heavy atom. The summed E-state index contributed by atoms with van der Waals surface area (Å²) < 4.78 is 63.7. The lowest BCUT2D eigenvalue weighted by Gasteiger charge is -2.23. The number of benzene rings is 2. The molecule has 0 saturated carbocycles. The first-order valence-electron chi connectivity index (χ1n) is 24.9. The fourth-order valence-electron chi connectivity index (χ4n) is 8.99. The van der Waals surface area contributed by atoms with Gasteiger partial charge in [0.25, 0.3) is 21.5 Å². The van der Waals surface area contributed by atoms with Crippen molar-refractivity contribution < 1.29 is 36.0 Å². The number of sulfonamides is 1. The maximum absolute atomic E-state index is 14.4. The summed E-state index contributed by atoms with van der Waals surface area (Å²) in [7, 11) is -9.39. The number of fused-ring (bicyclic) bond motifs is 3. The van der Waals surface area contributed by atoms with Crippen molar-refractivity contribution in [3.63, 3.8) is 0 Å². The quantitative estimate of drug-likeness (QED) is 0.0249. The monoisotopic (exact) mass is 934 g/mol. The third-order valence-corrected chi connectivity index (χ3v) is 15.5. The Morgan fingerprint density at radius 2 is 0.719 bits per heavy atom. The molecule has 0 bridgehead atoms. The van der Waals surface area contributed by atoms with Crippen molar-refractivity contribution in [2.24, 2.45) is 0 Å². The summed E-state index contributed by atoms with van der Waals surface area (Å²) >= 11 is 0. The third-order valence-electron chi connectivity index (χ3n) is 12.8. The zero-order chi connectivity index (χ0) is 46.8. The van der Waals surface area contributed by atoms with Crippen molar-refractivity contribution in [1.29, 1.82) is 0 Å². The van der Waals surface area contributed by atoms with E-state index in [2.05, 4.69) is 13.8 Å². The average Bonchev–Trinajstić information content (AvgIpc) is 3.55. The summed E-state index contributed by atoms with van der Waals surface area (Å²) in [5.41, 5.74) is -3.72. The SMILES string of the molecule is CCCCCCCCCCCCCCCCCCN(CCCCCCCCCCCCCCCCCC)S(=O)(=O)c1cc2c(c([N+](=O)[O-])c1)-c1c(cc(S(=O)(=O)O)cc1[N+](=O)[O-])C2=O. The van der Waals surface area contributed by atoms with Crippen LogP contribution < -0.4 is 0 Å². The molecular weight excluding hydrogens is 855 g/mol. The molecule has 0 aliphatic heterocycles. The highest BCUT2D eigenvalue weighted by Gasteiger charge is 2.42. The van der Waals surface area contributed by atoms with Crippen molar-refractivity contribution in [1.82, 2.24) is 4.31 Å². The highest BCUT2D eigenvalue weighted by atomic mass is 32.2. The van der Waals surface area contributed by atoms with Gasteiger partial charge in [0.2, 0.25) is 10.0 Å². The first-order chi connectivity index (χ1) is 30.7. The van der Waals surface area contributed by atoms with Crippen LogP contribution in [0.3, 0.4) is 0 Å². The van der Waals surface area contributed by atoms with Crippen LogP contribution in [0.1, 0.15) is 235 Å². The molecule has 1 aliphatic carbocycles. The van der Waals surface area contributed by atoms with Crippen LogP contribution >= 0.6 is 0 Å². The van der Waals surface area contributed by atoms with Crippen molar-refractivity contribution in [2.45, 2.75) is 229 Å². The zero-order valence-corrected chi connectivity index (χ0v) is 40.8. The van der Waals surface area contributed by atoms with E-state index in [4.69, 9.17) is 0 Å². The smallest absolute Gasteiger partial charge is 0.289 e. The van der Waals surface area contributed by atoms with Gasteiger partial charge in [-0.05, 0) is 25.0 Å². The molecule has 0 radical (unpaired) electrons. The molecule has 0 amide bonds. The van der Waals surface area contributed by atoms with Gasteiger partial charge in [-0.25, -0.2) is 8.42 Å². The Labute approximate surface area is 385 Å². The molecular formula is C49H79N3O10S2. The van der Waals surface area contributed by atoms with Gasteiger partial charge in [-0.2, -0.15) is 12.7 Å². The molecule has 1 N–H and O–H groups in total. The predicted molar refractivity (Wildman–Crippen MR) is 256 cm³/mol. The molecule has 3 rings (SSSR count). The molecule has 13 nitrogen and oxygen atoms in total. The summed E-state index contributed by atoms with van der Waals surface area (Å²) in [6.07, 6.45) is 37.7. The lowest BCUT2D eigenvalue weighted by molar-refractivity contribution is -0.386. The standard InChI is InChI=1S/C49H79N3O10S2/c1-3-5-7-9-11-13-15-17-19-21-23-25-27-29-31-33-35-50(36-34-32-30-28-26-24-22-20-18-16-14-12-10-8-6-4-2)63(58,59)41-37-43-47(45(39-41)51(54)55)48-44(49(43)53)38-42(64(60,61)62)40-46(48)52(56)57/h37-40H,3-36H2,1-2H3,(H,60,61,62). The summed E-state index contributed by atoms with van der Waals surface area (Å²) in [5, 5.41) is 24.6. The number of nitrogens with zero attached hydrogens (tertiary/aromatic N) is 3. The Bertz CT molecular complexity index is 1930. The number of hydrogen-bond acceptors (Lipinski definition) is 9. The van der Waals surface area contributed by atoms with E-state index in [1.807, 2.05) is 0 Å². The summed E-state index contributed by atoms with van der Waals surface area (Å²) in [4.78, 5) is 35.0. The van der Waals surface area contributed by atoms with Crippen LogP contribution in [0.25, 0.3) is 11.1 Å². The van der Waals surface area contributed by atoms with Crippen LogP contribution in [0.2, 0.25) is 0 Å². The van der Waals surface area contributed by atoms with Gasteiger partial charge in [0, 0.05) is 36.3 Å². The first kappa shape index (κ1) is 55.1. The first-order valence-corrected chi connectivity index (χ1v) is 27.8. The number of unbranched alkanes of at least 4 members (excludes halogenated alkanes) is 30. The molecule has 0 unspecified atom stereocenters. The lowest BCUT2D eigenvalue weighted by Crippen LogP contribution is -2.33. The van der Waals surface area contributed by atoms with E-state index >= 15 is 0 Å². The van der Waals surface area contributed by atoms with Crippen LogP contribution in [0.4, 0.5) is 11.4 Å². The molecule has 2 aromatic rings. The number of hydrogen-bond donors (Lipinski definition) is 1. The molecule has 0 spiro atoms. The molecule has 0 fully saturated rings. The van der Waals surface area contributed by atoms with Gasteiger partial charge in [0.1, 0.15) is 4.90 Å². The van der Waals surface area contributed by atoms with Crippen molar-refractivity contribution >= 4 is 37.3 Å². The number of carbonyl (C=O) groups is 1. The van der Waals surface area contributed by atoms with Crippen molar-refractivity contribution in [2.75, 3.05) is 13.1 Å². The predicted octanol–water partition coefficient (Wildman–Crippen LogP) is 14.5. The summed E-state index contributed by atoms with van der Waals surface area (Å²) in [6.45, 7) is 4.87. The Hall–Kier alpha value is -3.27. The number of rotatable bonds is 39. The molecule has 362 valence electrons. The van der Waals surface area contributed by atoms with Crippen LogP contribution in [0.5, 0.6) is 0 Å². The number of nitro benzene ring substituents is 2. The zero-order valence-electron chi connectivity index (χ0n) is 39.1. The van der Waals surface area contributed by atoms with E-state index in [9.17, 15) is 46.4 Å².